The molecule has 29 heavy (non-hydrogen) atoms. The van der Waals surface area contributed by atoms with Crippen molar-refractivity contribution in [2.75, 3.05) is 11.9 Å². The third-order valence-corrected chi connectivity index (χ3v) is 6.61. The van der Waals surface area contributed by atoms with Gasteiger partial charge in [-0.05, 0) is 56.7 Å². The van der Waals surface area contributed by atoms with Gasteiger partial charge in [0.15, 0.2) is 4.99 Å². The minimum absolute atomic E-state index is 0.193. The van der Waals surface area contributed by atoms with Crippen LogP contribution in [0.15, 0.2) is 40.8 Å². The van der Waals surface area contributed by atoms with E-state index in [0.29, 0.717) is 11.4 Å². The number of rotatable bonds is 6. The summed E-state index contributed by atoms with van der Waals surface area (Å²) in [5, 5.41) is 13.9. The van der Waals surface area contributed by atoms with E-state index in [0.717, 1.165) is 28.8 Å². The van der Waals surface area contributed by atoms with E-state index < -0.39 is 4.99 Å². The Bertz CT molecular complexity index is 917. The van der Waals surface area contributed by atoms with Crippen LogP contribution in [-0.4, -0.2) is 23.5 Å². The Morgan fingerprint density at radius 3 is 2.55 bits per heavy atom. The molecule has 1 aliphatic rings. The number of nitrogens with one attached hydrogen (secondary N) is 4. The van der Waals surface area contributed by atoms with Crippen molar-refractivity contribution in [1.82, 2.24) is 16.0 Å². The zero-order valence-electron chi connectivity index (χ0n) is 17.0. The van der Waals surface area contributed by atoms with Crippen molar-refractivity contribution < 1.29 is 9.59 Å². The van der Waals surface area contributed by atoms with Crippen LogP contribution in [0, 0.1) is 20.8 Å². The SMILES string of the molecule is Cc1cc(C)c(NC(=O)C2=CNC(C)(NC(=O)NCCc3cccs3)S2)c(C)c1. The number of carbonyl (C=O) groups excluding carboxylic acids is 2. The Labute approximate surface area is 179 Å². The molecule has 0 aliphatic carbocycles. The molecule has 4 N–H and O–H groups in total. The molecule has 0 saturated heterocycles. The maximum atomic E-state index is 12.7. The second-order valence-corrected chi connectivity index (χ2v) is 9.72. The van der Waals surface area contributed by atoms with E-state index in [9.17, 15) is 9.59 Å². The summed E-state index contributed by atoms with van der Waals surface area (Å²) in [6.07, 6.45) is 2.44. The van der Waals surface area contributed by atoms with E-state index in [4.69, 9.17) is 0 Å². The third-order valence-electron chi connectivity index (χ3n) is 4.52. The van der Waals surface area contributed by atoms with Gasteiger partial charge in [0.2, 0.25) is 0 Å². The van der Waals surface area contributed by atoms with E-state index in [1.807, 2.05) is 57.3 Å². The van der Waals surface area contributed by atoms with Gasteiger partial charge < -0.3 is 21.3 Å². The Balaban J connectivity index is 1.51. The predicted molar refractivity (Wildman–Crippen MR) is 121 cm³/mol. The van der Waals surface area contributed by atoms with E-state index in [-0.39, 0.29) is 11.9 Å². The third kappa shape index (κ3) is 5.55. The molecule has 0 radical (unpaired) electrons. The van der Waals surface area contributed by atoms with E-state index >= 15 is 0 Å². The van der Waals surface area contributed by atoms with Gasteiger partial charge in [-0.1, -0.05) is 35.5 Å². The van der Waals surface area contributed by atoms with Gasteiger partial charge in [0.25, 0.3) is 5.91 Å². The number of benzene rings is 1. The van der Waals surface area contributed by atoms with Gasteiger partial charge >= 0.3 is 6.03 Å². The molecule has 1 aromatic heterocycles. The summed E-state index contributed by atoms with van der Waals surface area (Å²) in [6.45, 7) is 8.38. The monoisotopic (exact) mass is 430 g/mol. The Morgan fingerprint density at radius 1 is 1.17 bits per heavy atom. The van der Waals surface area contributed by atoms with Gasteiger partial charge in [0, 0.05) is 23.3 Å². The number of carbonyl (C=O) groups is 2. The van der Waals surface area contributed by atoms with Crippen LogP contribution >= 0.6 is 23.1 Å². The van der Waals surface area contributed by atoms with Crippen LogP contribution in [0.3, 0.4) is 0 Å². The Morgan fingerprint density at radius 2 is 1.90 bits per heavy atom. The molecule has 3 rings (SSSR count). The van der Waals surface area contributed by atoms with Crippen LogP contribution in [-0.2, 0) is 11.2 Å². The first kappa shape index (κ1) is 21.3. The first-order chi connectivity index (χ1) is 13.8. The summed E-state index contributed by atoms with van der Waals surface area (Å²) >= 11 is 2.96. The average Bonchev–Trinajstić information content (AvgIpc) is 3.28. The number of thiophene rings is 1. The lowest BCUT2D eigenvalue weighted by molar-refractivity contribution is -0.112. The summed E-state index contributed by atoms with van der Waals surface area (Å²) < 4.78 is 0. The number of hydrogen-bond acceptors (Lipinski definition) is 5. The van der Waals surface area contributed by atoms with Crippen LogP contribution < -0.4 is 21.3 Å². The first-order valence-corrected chi connectivity index (χ1v) is 11.1. The normalized spacial score (nSPS) is 18.0. The zero-order valence-corrected chi connectivity index (χ0v) is 18.6. The van der Waals surface area contributed by atoms with Gasteiger partial charge in [0.1, 0.15) is 0 Å². The fraction of sp³-hybridized carbons (Fsp3) is 0.333. The van der Waals surface area contributed by atoms with Crippen LogP contribution in [0.5, 0.6) is 0 Å². The Hall–Kier alpha value is -2.45. The Kier molecular flexibility index (Phi) is 6.54. The predicted octanol–water partition coefficient (Wildman–Crippen LogP) is 4.01. The summed E-state index contributed by atoms with van der Waals surface area (Å²) in [6, 6.07) is 7.86. The molecule has 0 fully saturated rings. The van der Waals surface area contributed by atoms with Crippen molar-refractivity contribution in [3.05, 3.63) is 62.3 Å². The molecule has 0 saturated carbocycles. The lowest BCUT2D eigenvalue weighted by atomic mass is 10.1. The largest absolute Gasteiger partial charge is 0.359 e. The number of aryl methyl sites for hydroxylation is 3. The first-order valence-electron chi connectivity index (χ1n) is 9.40. The molecule has 1 aromatic carbocycles. The van der Waals surface area contributed by atoms with Gasteiger partial charge in [-0.2, -0.15) is 0 Å². The van der Waals surface area contributed by atoms with Crippen molar-refractivity contribution >= 4 is 40.7 Å². The average molecular weight is 431 g/mol. The maximum Gasteiger partial charge on any atom is 0.317 e. The van der Waals surface area contributed by atoms with E-state index in [1.54, 1.807) is 17.5 Å². The molecular formula is C21H26N4O2S2. The molecule has 1 unspecified atom stereocenters. The smallest absolute Gasteiger partial charge is 0.317 e. The highest BCUT2D eigenvalue weighted by Gasteiger charge is 2.34. The summed E-state index contributed by atoms with van der Waals surface area (Å²) in [5.74, 6) is -0.193. The van der Waals surface area contributed by atoms with Crippen molar-refractivity contribution in [2.45, 2.75) is 39.1 Å². The molecule has 3 amide bonds. The fourth-order valence-electron chi connectivity index (χ4n) is 3.22. The van der Waals surface area contributed by atoms with E-state index in [2.05, 4.69) is 21.3 Å². The zero-order chi connectivity index (χ0) is 21.0. The lowest BCUT2D eigenvalue weighted by Gasteiger charge is -2.25. The minimum Gasteiger partial charge on any atom is -0.359 e. The van der Waals surface area contributed by atoms with Crippen molar-refractivity contribution in [3.63, 3.8) is 0 Å². The lowest BCUT2D eigenvalue weighted by Crippen LogP contribution is -2.53. The van der Waals surface area contributed by atoms with Crippen molar-refractivity contribution in [2.24, 2.45) is 0 Å². The van der Waals surface area contributed by atoms with Crippen LogP contribution in [0.4, 0.5) is 10.5 Å². The molecule has 2 aromatic rings. The van der Waals surface area contributed by atoms with Gasteiger partial charge in [-0.25, -0.2) is 4.79 Å². The molecule has 6 nitrogen and oxygen atoms in total. The standard InChI is InChI=1S/C21H26N4O2S2/c1-13-10-14(2)18(15(3)11-13)24-19(26)17-12-23-21(4,29-17)25-20(27)22-8-7-16-6-5-9-28-16/h5-6,9-12,23H,7-8H2,1-4H3,(H,24,26)(H2,22,25,27). The van der Waals surface area contributed by atoms with Gasteiger partial charge in [0.05, 0.1) is 4.91 Å². The highest BCUT2D eigenvalue weighted by Crippen LogP contribution is 2.34. The topological polar surface area (TPSA) is 82.3 Å². The molecule has 0 bridgehead atoms. The molecular weight excluding hydrogens is 404 g/mol. The molecule has 154 valence electrons. The number of urea groups is 1. The molecule has 0 spiro atoms. The van der Waals surface area contributed by atoms with Crippen molar-refractivity contribution in [1.29, 1.82) is 0 Å². The highest BCUT2D eigenvalue weighted by atomic mass is 32.2. The molecule has 1 aliphatic heterocycles. The number of thioether (sulfide) groups is 1. The fourth-order valence-corrected chi connectivity index (χ4v) is 4.89. The van der Waals surface area contributed by atoms with Gasteiger partial charge in [-0.3, -0.25) is 4.79 Å². The molecule has 2 heterocycles. The van der Waals surface area contributed by atoms with Gasteiger partial charge in [-0.15, -0.1) is 11.3 Å². The summed E-state index contributed by atoms with van der Waals surface area (Å²) in [4.78, 5) is 25.9. The van der Waals surface area contributed by atoms with E-state index in [1.165, 1.54) is 16.6 Å². The second kappa shape index (κ2) is 8.92. The van der Waals surface area contributed by atoms with Crippen LogP contribution in [0.1, 0.15) is 28.5 Å². The summed E-state index contributed by atoms with van der Waals surface area (Å²) in [7, 11) is 0. The molecule has 8 heteroatoms. The van der Waals surface area contributed by atoms with Crippen LogP contribution in [0.25, 0.3) is 0 Å². The molecule has 1 atom stereocenters. The number of anilines is 1. The van der Waals surface area contributed by atoms with Crippen LogP contribution in [0.2, 0.25) is 0 Å². The second-order valence-electron chi connectivity index (χ2n) is 7.23. The number of amides is 3. The highest BCUT2D eigenvalue weighted by molar-refractivity contribution is 8.05. The quantitative estimate of drug-likeness (QED) is 0.558. The minimum atomic E-state index is -0.781. The number of hydrogen-bond donors (Lipinski definition) is 4. The maximum absolute atomic E-state index is 12.7. The summed E-state index contributed by atoms with van der Waals surface area (Å²) in [5.41, 5.74) is 4.04. The van der Waals surface area contributed by atoms with Crippen molar-refractivity contribution in [3.8, 4) is 0 Å².